The van der Waals surface area contributed by atoms with Gasteiger partial charge in [0.2, 0.25) is 11.8 Å². The molecule has 0 atom stereocenters. The fraction of sp³-hybridized carbons (Fsp3) is 0.400. The van der Waals surface area contributed by atoms with Gasteiger partial charge in [0.1, 0.15) is 5.75 Å². The molecule has 0 unspecified atom stereocenters. The van der Waals surface area contributed by atoms with Crippen LogP contribution in [0.4, 0.5) is 5.69 Å². The molecule has 6 nitrogen and oxygen atoms in total. The Morgan fingerprint density at radius 1 is 1.32 bits per heavy atom. The van der Waals surface area contributed by atoms with Crippen molar-refractivity contribution in [2.45, 2.75) is 31.4 Å². The van der Waals surface area contributed by atoms with Gasteiger partial charge in [-0.3, -0.25) is 4.79 Å². The van der Waals surface area contributed by atoms with Crippen LogP contribution in [0.3, 0.4) is 0 Å². The van der Waals surface area contributed by atoms with E-state index in [-0.39, 0.29) is 11.8 Å². The smallest absolute Gasteiger partial charge is 0.276 e. The van der Waals surface area contributed by atoms with Crippen LogP contribution >= 0.6 is 11.8 Å². The number of hydrogen-bond donors (Lipinski definition) is 1. The summed E-state index contributed by atoms with van der Waals surface area (Å²) in [5.74, 6) is 2.11. The first kappa shape index (κ1) is 16.4. The Morgan fingerprint density at radius 2 is 2.05 bits per heavy atom. The summed E-state index contributed by atoms with van der Waals surface area (Å²) in [5.41, 5.74) is 0.746. The van der Waals surface area contributed by atoms with Crippen LogP contribution in [0.15, 0.2) is 33.9 Å². The molecule has 1 N–H and O–H groups in total. The normalized spacial score (nSPS) is 10.7. The fourth-order valence-electron chi connectivity index (χ4n) is 1.64. The van der Waals surface area contributed by atoms with Gasteiger partial charge < -0.3 is 14.5 Å². The van der Waals surface area contributed by atoms with Crippen LogP contribution in [-0.2, 0) is 4.79 Å². The predicted molar refractivity (Wildman–Crippen MR) is 85.4 cm³/mol. The zero-order valence-electron chi connectivity index (χ0n) is 12.8. The Bertz CT molecular complexity index is 611. The molecule has 0 radical (unpaired) electrons. The molecule has 0 bridgehead atoms. The molecule has 22 heavy (non-hydrogen) atoms. The minimum absolute atomic E-state index is 0.0544. The summed E-state index contributed by atoms with van der Waals surface area (Å²) in [6, 6.07) is 7.21. The number of benzene rings is 1. The molecule has 2 aromatic rings. The molecule has 1 amide bonds. The summed E-state index contributed by atoms with van der Waals surface area (Å²) in [5, 5.41) is 11.2. The maximum atomic E-state index is 11.8. The van der Waals surface area contributed by atoms with E-state index in [0.29, 0.717) is 23.3 Å². The highest BCUT2D eigenvalue weighted by Gasteiger charge is 2.10. The van der Waals surface area contributed by atoms with Crippen molar-refractivity contribution in [3.63, 3.8) is 0 Å². The third-order valence-corrected chi connectivity index (χ3v) is 3.66. The van der Waals surface area contributed by atoms with Crippen molar-refractivity contribution in [3.05, 3.63) is 30.2 Å². The van der Waals surface area contributed by atoms with Gasteiger partial charge in [0.25, 0.3) is 5.22 Å². The maximum Gasteiger partial charge on any atom is 0.276 e. The molecular formula is C15H19N3O3S. The van der Waals surface area contributed by atoms with Crippen molar-refractivity contribution in [2.75, 3.05) is 18.2 Å². The Morgan fingerprint density at radius 3 is 2.64 bits per heavy atom. The quantitative estimate of drug-likeness (QED) is 0.788. The topological polar surface area (TPSA) is 77.2 Å². The predicted octanol–water partition coefficient (Wildman–Crippen LogP) is 3.32. The number of carbonyl (C=O) groups is 1. The van der Waals surface area contributed by atoms with Crippen LogP contribution in [0.5, 0.6) is 5.75 Å². The van der Waals surface area contributed by atoms with E-state index >= 15 is 0 Å². The summed E-state index contributed by atoms with van der Waals surface area (Å²) < 4.78 is 10.5. The van der Waals surface area contributed by atoms with Crippen molar-refractivity contribution in [1.82, 2.24) is 10.2 Å². The molecule has 1 aromatic heterocycles. The van der Waals surface area contributed by atoms with E-state index in [2.05, 4.69) is 15.5 Å². The van der Waals surface area contributed by atoms with Crippen molar-refractivity contribution < 1.29 is 13.9 Å². The standard InChI is InChI=1S/C15H19N3O3S/c1-10(2)14-17-18-15(21-14)22-9-8-13(19)16-11-4-6-12(20-3)7-5-11/h4-7,10H,8-9H2,1-3H3,(H,16,19). The Labute approximate surface area is 133 Å². The summed E-state index contributed by atoms with van der Waals surface area (Å²) in [7, 11) is 1.60. The van der Waals surface area contributed by atoms with Gasteiger partial charge in [-0.15, -0.1) is 10.2 Å². The zero-order chi connectivity index (χ0) is 15.9. The van der Waals surface area contributed by atoms with E-state index in [0.717, 1.165) is 11.4 Å². The van der Waals surface area contributed by atoms with Crippen LogP contribution in [0, 0.1) is 0 Å². The van der Waals surface area contributed by atoms with Gasteiger partial charge in [0.05, 0.1) is 7.11 Å². The van der Waals surface area contributed by atoms with Gasteiger partial charge in [-0.2, -0.15) is 0 Å². The molecule has 0 spiro atoms. The Hall–Kier alpha value is -2.02. The van der Waals surface area contributed by atoms with Crippen LogP contribution < -0.4 is 10.1 Å². The maximum absolute atomic E-state index is 11.8. The van der Waals surface area contributed by atoms with Crippen LogP contribution in [0.25, 0.3) is 0 Å². The number of carbonyl (C=O) groups excluding carboxylic acids is 1. The number of aromatic nitrogens is 2. The van der Waals surface area contributed by atoms with Crippen LogP contribution in [0.1, 0.15) is 32.1 Å². The van der Waals surface area contributed by atoms with E-state index in [1.54, 1.807) is 31.4 Å². The SMILES string of the molecule is COc1ccc(NC(=O)CCSc2nnc(C(C)C)o2)cc1. The van der Waals surface area contributed by atoms with E-state index in [4.69, 9.17) is 9.15 Å². The minimum atomic E-state index is -0.0544. The number of ether oxygens (including phenoxy) is 1. The van der Waals surface area contributed by atoms with Gasteiger partial charge in [-0.25, -0.2) is 0 Å². The zero-order valence-corrected chi connectivity index (χ0v) is 13.6. The number of thioether (sulfide) groups is 1. The minimum Gasteiger partial charge on any atom is -0.497 e. The Balaban J connectivity index is 1.74. The van der Waals surface area contributed by atoms with Gasteiger partial charge in [0, 0.05) is 23.8 Å². The van der Waals surface area contributed by atoms with E-state index in [1.807, 2.05) is 13.8 Å². The van der Waals surface area contributed by atoms with Gasteiger partial charge >= 0.3 is 0 Å². The van der Waals surface area contributed by atoms with Crippen molar-refractivity contribution in [2.24, 2.45) is 0 Å². The molecule has 0 aliphatic rings. The second-order valence-electron chi connectivity index (χ2n) is 4.94. The highest BCUT2D eigenvalue weighted by Crippen LogP contribution is 2.21. The lowest BCUT2D eigenvalue weighted by molar-refractivity contribution is -0.115. The van der Waals surface area contributed by atoms with Crippen molar-refractivity contribution in [3.8, 4) is 5.75 Å². The number of nitrogens with zero attached hydrogens (tertiary/aromatic N) is 2. The first-order chi connectivity index (χ1) is 10.6. The van der Waals surface area contributed by atoms with E-state index in [1.165, 1.54) is 11.8 Å². The molecule has 1 aromatic carbocycles. The highest BCUT2D eigenvalue weighted by molar-refractivity contribution is 7.99. The second-order valence-corrected chi connectivity index (χ2v) is 5.98. The third kappa shape index (κ3) is 4.77. The molecular weight excluding hydrogens is 302 g/mol. The molecule has 7 heteroatoms. The number of amides is 1. The molecule has 1 heterocycles. The lowest BCUT2D eigenvalue weighted by Crippen LogP contribution is -2.12. The van der Waals surface area contributed by atoms with Gasteiger partial charge in [0.15, 0.2) is 0 Å². The lowest BCUT2D eigenvalue weighted by atomic mass is 10.2. The molecule has 118 valence electrons. The van der Waals surface area contributed by atoms with Crippen LogP contribution in [0.2, 0.25) is 0 Å². The number of anilines is 1. The summed E-state index contributed by atoms with van der Waals surface area (Å²) >= 11 is 1.38. The molecule has 0 aliphatic heterocycles. The van der Waals surface area contributed by atoms with Crippen molar-refractivity contribution >= 4 is 23.4 Å². The fourth-order valence-corrected chi connectivity index (χ4v) is 2.35. The highest BCUT2D eigenvalue weighted by atomic mass is 32.2. The summed E-state index contributed by atoms with van der Waals surface area (Å²) in [6.45, 7) is 3.98. The van der Waals surface area contributed by atoms with E-state index < -0.39 is 0 Å². The lowest BCUT2D eigenvalue weighted by Gasteiger charge is -2.05. The van der Waals surface area contributed by atoms with Gasteiger partial charge in [-0.05, 0) is 24.3 Å². The second kappa shape index (κ2) is 7.84. The number of nitrogens with one attached hydrogen (secondary N) is 1. The average molecular weight is 321 g/mol. The van der Waals surface area contributed by atoms with Crippen LogP contribution in [-0.4, -0.2) is 29.0 Å². The first-order valence-electron chi connectivity index (χ1n) is 6.98. The first-order valence-corrected chi connectivity index (χ1v) is 7.97. The molecule has 0 aliphatic carbocycles. The number of methoxy groups -OCH3 is 1. The monoisotopic (exact) mass is 321 g/mol. The van der Waals surface area contributed by atoms with Crippen molar-refractivity contribution in [1.29, 1.82) is 0 Å². The van der Waals surface area contributed by atoms with Gasteiger partial charge in [-0.1, -0.05) is 25.6 Å². The molecule has 0 saturated heterocycles. The molecule has 2 rings (SSSR count). The molecule has 0 saturated carbocycles. The number of rotatable bonds is 7. The largest absolute Gasteiger partial charge is 0.497 e. The molecule has 0 fully saturated rings. The third-order valence-electron chi connectivity index (χ3n) is 2.84. The average Bonchev–Trinajstić information content (AvgIpc) is 2.97. The number of hydrogen-bond acceptors (Lipinski definition) is 6. The Kier molecular flexibility index (Phi) is 5.83. The van der Waals surface area contributed by atoms with E-state index in [9.17, 15) is 4.79 Å². The summed E-state index contributed by atoms with van der Waals surface area (Å²) in [4.78, 5) is 11.8. The summed E-state index contributed by atoms with van der Waals surface area (Å²) in [6.07, 6.45) is 0.371.